The fourth-order valence-electron chi connectivity index (χ4n) is 1.10. The van der Waals surface area contributed by atoms with E-state index in [0.717, 1.165) is 12.1 Å². The van der Waals surface area contributed by atoms with Crippen LogP contribution < -0.4 is 0 Å². The van der Waals surface area contributed by atoms with E-state index >= 15 is 0 Å². The van der Waals surface area contributed by atoms with Crippen molar-refractivity contribution in [3.05, 3.63) is 35.4 Å². The predicted molar refractivity (Wildman–Crippen MR) is 51.5 cm³/mol. The van der Waals surface area contributed by atoms with Crippen LogP contribution in [0.15, 0.2) is 24.3 Å². The number of rotatable bonds is 3. The molecule has 0 saturated carbocycles. The zero-order chi connectivity index (χ0) is 12.2. The van der Waals surface area contributed by atoms with Gasteiger partial charge in [-0.1, -0.05) is 19.1 Å². The van der Waals surface area contributed by atoms with E-state index < -0.39 is 17.7 Å². The normalized spacial score (nSPS) is 11.2. The minimum Gasteiger partial charge on any atom is -0.461 e. The van der Waals surface area contributed by atoms with Crippen LogP contribution in [0.25, 0.3) is 0 Å². The van der Waals surface area contributed by atoms with Gasteiger partial charge in [0, 0.05) is 6.42 Å². The number of hydrogen-bond donors (Lipinski definition) is 0. The van der Waals surface area contributed by atoms with Crippen LogP contribution in [0.4, 0.5) is 13.2 Å². The van der Waals surface area contributed by atoms with Gasteiger partial charge in [-0.25, -0.2) is 0 Å². The first-order chi connectivity index (χ1) is 7.43. The molecule has 16 heavy (non-hydrogen) atoms. The third kappa shape index (κ3) is 3.56. The number of halogens is 3. The second-order valence-corrected chi connectivity index (χ2v) is 3.21. The van der Waals surface area contributed by atoms with Crippen molar-refractivity contribution in [2.24, 2.45) is 0 Å². The van der Waals surface area contributed by atoms with Crippen molar-refractivity contribution in [3.63, 3.8) is 0 Å². The quantitative estimate of drug-likeness (QED) is 0.748. The monoisotopic (exact) mass is 232 g/mol. The zero-order valence-corrected chi connectivity index (χ0v) is 8.67. The van der Waals surface area contributed by atoms with Crippen LogP contribution in [0.3, 0.4) is 0 Å². The van der Waals surface area contributed by atoms with Crippen molar-refractivity contribution < 1.29 is 22.7 Å². The molecule has 0 N–H and O–H groups in total. The summed E-state index contributed by atoms with van der Waals surface area (Å²) in [7, 11) is 0. The maximum atomic E-state index is 12.3. The van der Waals surface area contributed by atoms with Crippen molar-refractivity contribution in [3.8, 4) is 0 Å². The molecule has 0 saturated heterocycles. The number of benzene rings is 1. The molecule has 1 aromatic rings. The highest BCUT2D eigenvalue weighted by molar-refractivity contribution is 5.68. The Labute approximate surface area is 91.0 Å². The fraction of sp³-hybridized carbons (Fsp3) is 0.364. The second kappa shape index (κ2) is 5.01. The molecule has 0 amide bonds. The molecule has 2 nitrogen and oxygen atoms in total. The molecule has 0 bridgehead atoms. The van der Waals surface area contributed by atoms with E-state index in [1.807, 2.05) is 0 Å². The number of alkyl halides is 3. The molecule has 0 heterocycles. The lowest BCUT2D eigenvalue weighted by Crippen LogP contribution is -2.07. The Morgan fingerprint density at radius 2 is 2.06 bits per heavy atom. The van der Waals surface area contributed by atoms with Crippen molar-refractivity contribution >= 4 is 5.97 Å². The van der Waals surface area contributed by atoms with Crippen molar-refractivity contribution in [2.45, 2.75) is 26.1 Å². The van der Waals surface area contributed by atoms with Gasteiger partial charge >= 0.3 is 12.1 Å². The summed E-state index contributed by atoms with van der Waals surface area (Å²) in [5.41, 5.74) is -0.408. The maximum Gasteiger partial charge on any atom is 0.416 e. The van der Waals surface area contributed by atoms with Crippen LogP contribution in [0, 0.1) is 0 Å². The van der Waals surface area contributed by atoms with Crippen molar-refractivity contribution in [2.75, 3.05) is 0 Å². The average molecular weight is 232 g/mol. The standard InChI is InChI=1S/C11H11F3O2/c1-2-10(15)16-7-8-4-3-5-9(6-8)11(12,13)14/h3-6H,2,7H2,1H3. The van der Waals surface area contributed by atoms with Gasteiger partial charge in [0.05, 0.1) is 5.56 Å². The Morgan fingerprint density at radius 3 is 2.62 bits per heavy atom. The highest BCUT2D eigenvalue weighted by atomic mass is 19.4. The first kappa shape index (κ1) is 12.5. The first-order valence-corrected chi connectivity index (χ1v) is 4.75. The summed E-state index contributed by atoms with van der Waals surface area (Å²) in [6, 6.07) is 4.73. The molecule has 0 unspecified atom stereocenters. The topological polar surface area (TPSA) is 26.3 Å². The summed E-state index contributed by atoms with van der Waals surface area (Å²) >= 11 is 0. The van der Waals surface area contributed by atoms with Gasteiger partial charge in [0.25, 0.3) is 0 Å². The maximum absolute atomic E-state index is 12.3. The molecule has 0 atom stereocenters. The Bertz CT molecular complexity index is 372. The Balaban J connectivity index is 2.72. The molecule has 0 aliphatic carbocycles. The number of hydrogen-bond acceptors (Lipinski definition) is 2. The lowest BCUT2D eigenvalue weighted by atomic mass is 10.1. The highest BCUT2D eigenvalue weighted by Crippen LogP contribution is 2.29. The zero-order valence-electron chi connectivity index (χ0n) is 8.67. The van der Waals surface area contributed by atoms with Crippen LogP contribution in [-0.4, -0.2) is 5.97 Å². The molecule has 0 fully saturated rings. The van der Waals surface area contributed by atoms with Gasteiger partial charge in [0.1, 0.15) is 6.61 Å². The minimum atomic E-state index is -4.37. The minimum absolute atomic E-state index is 0.128. The third-order valence-corrected chi connectivity index (χ3v) is 1.94. The molecule has 5 heteroatoms. The highest BCUT2D eigenvalue weighted by Gasteiger charge is 2.30. The Morgan fingerprint density at radius 1 is 1.38 bits per heavy atom. The van der Waals surface area contributed by atoms with Gasteiger partial charge < -0.3 is 4.74 Å². The SMILES string of the molecule is CCC(=O)OCc1cccc(C(F)(F)F)c1. The summed E-state index contributed by atoms with van der Waals surface area (Å²) < 4.78 is 41.7. The molecule has 0 aliphatic heterocycles. The molecule has 0 radical (unpaired) electrons. The number of carbonyl (C=O) groups is 1. The molecule has 88 valence electrons. The Kier molecular flexibility index (Phi) is 3.93. The van der Waals surface area contributed by atoms with E-state index in [0.29, 0.717) is 5.56 Å². The second-order valence-electron chi connectivity index (χ2n) is 3.21. The van der Waals surface area contributed by atoms with Crippen molar-refractivity contribution in [1.29, 1.82) is 0 Å². The summed E-state index contributed by atoms with van der Waals surface area (Å²) in [5, 5.41) is 0. The fourth-order valence-corrected chi connectivity index (χ4v) is 1.10. The summed E-state index contributed by atoms with van der Waals surface area (Å²) in [4.78, 5) is 10.8. The molecule has 0 spiro atoms. The van der Waals surface area contributed by atoms with Crippen LogP contribution in [-0.2, 0) is 22.3 Å². The summed E-state index contributed by atoms with van der Waals surface area (Å²) in [6.45, 7) is 1.49. The van der Waals surface area contributed by atoms with Gasteiger partial charge in [0.2, 0.25) is 0 Å². The van der Waals surface area contributed by atoms with E-state index in [9.17, 15) is 18.0 Å². The number of carbonyl (C=O) groups excluding carboxylic acids is 1. The molecule has 1 rings (SSSR count). The van der Waals surface area contributed by atoms with E-state index in [2.05, 4.69) is 0 Å². The van der Waals surface area contributed by atoms with Crippen LogP contribution in [0.1, 0.15) is 24.5 Å². The molecule has 1 aromatic carbocycles. The molecule has 0 aliphatic rings. The first-order valence-electron chi connectivity index (χ1n) is 4.75. The van der Waals surface area contributed by atoms with E-state index in [1.54, 1.807) is 6.92 Å². The molecular weight excluding hydrogens is 221 g/mol. The van der Waals surface area contributed by atoms with Crippen LogP contribution in [0.5, 0.6) is 0 Å². The molecular formula is C11H11F3O2. The lowest BCUT2D eigenvalue weighted by molar-refractivity contribution is -0.144. The van der Waals surface area contributed by atoms with E-state index in [1.165, 1.54) is 12.1 Å². The largest absolute Gasteiger partial charge is 0.461 e. The van der Waals surface area contributed by atoms with Gasteiger partial charge in [-0.15, -0.1) is 0 Å². The van der Waals surface area contributed by atoms with E-state index in [-0.39, 0.29) is 13.0 Å². The predicted octanol–water partition coefficient (Wildman–Crippen LogP) is 3.16. The van der Waals surface area contributed by atoms with Crippen molar-refractivity contribution in [1.82, 2.24) is 0 Å². The van der Waals surface area contributed by atoms with Crippen LogP contribution in [0.2, 0.25) is 0 Å². The number of esters is 1. The third-order valence-electron chi connectivity index (χ3n) is 1.94. The van der Waals surface area contributed by atoms with E-state index in [4.69, 9.17) is 4.74 Å². The smallest absolute Gasteiger partial charge is 0.416 e. The van der Waals surface area contributed by atoms with Gasteiger partial charge in [-0.3, -0.25) is 4.79 Å². The van der Waals surface area contributed by atoms with Crippen LogP contribution >= 0.6 is 0 Å². The van der Waals surface area contributed by atoms with Gasteiger partial charge in [-0.2, -0.15) is 13.2 Å². The Hall–Kier alpha value is -1.52. The summed E-state index contributed by atoms with van der Waals surface area (Å²) in [6.07, 6.45) is -4.16. The average Bonchev–Trinajstić information content (AvgIpc) is 2.25. The summed E-state index contributed by atoms with van der Waals surface area (Å²) in [5.74, 6) is -0.433. The van der Waals surface area contributed by atoms with Gasteiger partial charge in [0.15, 0.2) is 0 Å². The molecule has 0 aromatic heterocycles. The lowest BCUT2D eigenvalue weighted by Gasteiger charge is -2.08. The van der Waals surface area contributed by atoms with Gasteiger partial charge in [-0.05, 0) is 17.7 Å². The number of ether oxygens (including phenoxy) is 1.